The van der Waals surface area contributed by atoms with E-state index in [1.54, 1.807) is 12.3 Å². The minimum atomic E-state index is 0.630. The van der Waals surface area contributed by atoms with Crippen LogP contribution in [0, 0.1) is 0 Å². The van der Waals surface area contributed by atoms with Gasteiger partial charge in [0.1, 0.15) is 0 Å². The zero-order valence-corrected chi connectivity index (χ0v) is 10.2. The molecule has 17 heavy (non-hydrogen) atoms. The highest BCUT2D eigenvalue weighted by Crippen LogP contribution is 2.26. The van der Waals surface area contributed by atoms with E-state index in [1.807, 2.05) is 34.7 Å². The molecule has 0 saturated carbocycles. The first kappa shape index (κ1) is 10.6. The highest BCUT2D eigenvalue weighted by atomic mass is 35.5. The fourth-order valence-corrected chi connectivity index (χ4v) is 2.07. The Bertz CT molecular complexity index is 691. The SMILES string of the molecule is Clc1ccc2nnc(-c3ccccc3Cl)n2c1. The minimum Gasteiger partial charge on any atom is -0.281 e. The summed E-state index contributed by atoms with van der Waals surface area (Å²) in [5.74, 6) is 0.688. The van der Waals surface area contributed by atoms with Crippen molar-refractivity contribution in [3.05, 3.63) is 52.6 Å². The maximum absolute atomic E-state index is 6.14. The van der Waals surface area contributed by atoms with Crippen molar-refractivity contribution in [1.29, 1.82) is 0 Å². The van der Waals surface area contributed by atoms with Crippen LogP contribution in [-0.2, 0) is 0 Å². The summed E-state index contributed by atoms with van der Waals surface area (Å²) in [6.07, 6.45) is 1.77. The van der Waals surface area contributed by atoms with Crippen molar-refractivity contribution < 1.29 is 0 Å². The van der Waals surface area contributed by atoms with Crippen molar-refractivity contribution in [2.75, 3.05) is 0 Å². The molecule has 0 aliphatic heterocycles. The van der Waals surface area contributed by atoms with Crippen molar-refractivity contribution in [3.8, 4) is 11.4 Å². The smallest absolute Gasteiger partial charge is 0.169 e. The number of pyridine rings is 1. The summed E-state index contributed by atoms with van der Waals surface area (Å²) < 4.78 is 1.82. The van der Waals surface area contributed by atoms with E-state index < -0.39 is 0 Å². The normalized spacial score (nSPS) is 10.9. The average Bonchev–Trinajstić information content (AvgIpc) is 2.72. The molecule has 0 fully saturated rings. The van der Waals surface area contributed by atoms with E-state index >= 15 is 0 Å². The number of halogens is 2. The molecule has 0 bridgehead atoms. The minimum absolute atomic E-state index is 0.630. The van der Waals surface area contributed by atoms with Crippen LogP contribution in [0.25, 0.3) is 17.0 Å². The van der Waals surface area contributed by atoms with Gasteiger partial charge in [-0.1, -0.05) is 35.3 Å². The van der Waals surface area contributed by atoms with Crippen LogP contribution >= 0.6 is 23.2 Å². The van der Waals surface area contributed by atoms with Gasteiger partial charge in [-0.25, -0.2) is 0 Å². The molecule has 2 heterocycles. The van der Waals surface area contributed by atoms with E-state index in [0.29, 0.717) is 15.9 Å². The predicted molar refractivity (Wildman–Crippen MR) is 68.4 cm³/mol. The lowest BCUT2D eigenvalue weighted by atomic mass is 10.2. The van der Waals surface area contributed by atoms with Gasteiger partial charge in [-0.2, -0.15) is 0 Å². The quantitative estimate of drug-likeness (QED) is 0.670. The molecule has 3 nitrogen and oxygen atoms in total. The van der Waals surface area contributed by atoms with Crippen LogP contribution in [0.5, 0.6) is 0 Å². The summed E-state index contributed by atoms with van der Waals surface area (Å²) in [6.45, 7) is 0. The van der Waals surface area contributed by atoms with Gasteiger partial charge in [0.2, 0.25) is 0 Å². The molecule has 3 rings (SSSR count). The van der Waals surface area contributed by atoms with Gasteiger partial charge in [-0.05, 0) is 24.3 Å². The molecule has 0 atom stereocenters. The number of hydrogen-bond acceptors (Lipinski definition) is 2. The van der Waals surface area contributed by atoms with Crippen molar-refractivity contribution in [1.82, 2.24) is 14.6 Å². The second kappa shape index (κ2) is 4.02. The van der Waals surface area contributed by atoms with E-state index in [1.165, 1.54) is 0 Å². The second-order valence-corrected chi connectivity index (χ2v) is 4.42. The number of nitrogens with zero attached hydrogens (tertiary/aromatic N) is 3. The lowest BCUT2D eigenvalue weighted by Crippen LogP contribution is -1.89. The zero-order chi connectivity index (χ0) is 11.8. The molecule has 0 saturated heterocycles. The van der Waals surface area contributed by atoms with Crippen LogP contribution in [0.3, 0.4) is 0 Å². The third-order valence-electron chi connectivity index (χ3n) is 2.48. The molecule has 0 aliphatic carbocycles. The number of benzene rings is 1. The summed E-state index contributed by atoms with van der Waals surface area (Å²) in [5.41, 5.74) is 1.58. The molecule has 0 unspecified atom stereocenters. The largest absolute Gasteiger partial charge is 0.281 e. The van der Waals surface area contributed by atoms with Crippen molar-refractivity contribution >= 4 is 28.8 Å². The van der Waals surface area contributed by atoms with Crippen LogP contribution in [0.15, 0.2) is 42.6 Å². The maximum Gasteiger partial charge on any atom is 0.169 e. The third kappa shape index (κ3) is 1.77. The molecular formula is C12H7Cl2N3. The molecule has 3 aromatic rings. The second-order valence-electron chi connectivity index (χ2n) is 3.58. The standard InChI is InChI=1S/C12H7Cl2N3/c13-8-5-6-11-15-16-12(17(11)7-8)9-3-1-2-4-10(9)14/h1-7H. The fourth-order valence-electron chi connectivity index (χ4n) is 1.69. The van der Waals surface area contributed by atoms with Crippen LogP contribution in [0.2, 0.25) is 10.0 Å². The van der Waals surface area contributed by atoms with E-state index in [0.717, 1.165) is 11.2 Å². The molecule has 0 N–H and O–H groups in total. The van der Waals surface area contributed by atoms with Gasteiger partial charge in [-0.3, -0.25) is 4.40 Å². The van der Waals surface area contributed by atoms with Gasteiger partial charge >= 0.3 is 0 Å². The number of aromatic nitrogens is 3. The van der Waals surface area contributed by atoms with Crippen molar-refractivity contribution in [2.45, 2.75) is 0 Å². The first-order chi connectivity index (χ1) is 8.25. The first-order valence-corrected chi connectivity index (χ1v) is 5.76. The summed E-state index contributed by atoms with van der Waals surface area (Å²) in [7, 11) is 0. The molecule has 5 heteroatoms. The monoisotopic (exact) mass is 263 g/mol. The predicted octanol–water partition coefficient (Wildman–Crippen LogP) is 3.70. The Balaban J connectivity index is 2.31. The van der Waals surface area contributed by atoms with Crippen LogP contribution in [0.1, 0.15) is 0 Å². The van der Waals surface area contributed by atoms with Crippen LogP contribution in [0.4, 0.5) is 0 Å². The van der Waals surface area contributed by atoms with E-state index in [9.17, 15) is 0 Å². The molecule has 2 aromatic heterocycles. The Morgan fingerprint density at radius 1 is 0.941 bits per heavy atom. The molecular weight excluding hydrogens is 257 g/mol. The average molecular weight is 264 g/mol. The Hall–Kier alpha value is -1.58. The van der Waals surface area contributed by atoms with Crippen molar-refractivity contribution in [2.24, 2.45) is 0 Å². The first-order valence-electron chi connectivity index (χ1n) is 5.01. The zero-order valence-electron chi connectivity index (χ0n) is 8.64. The van der Waals surface area contributed by atoms with Crippen LogP contribution in [-0.4, -0.2) is 14.6 Å². The van der Waals surface area contributed by atoms with Crippen LogP contribution < -0.4 is 0 Å². The summed E-state index contributed by atoms with van der Waals surface area (Å²) >= 11 is 12.1. The topological polar surface area (TPSA) is 30.2 Å². The molecule has 1 aromatic carbocycles. The number of rotatable bonds is 1. The van der Waals surface area contributed by atoms with E-state index in [4.69, 9.17) is 23.2 Å². The van der Waals surface area contributed by atoms with E-state index in [-0.39, 0.29) is 0 Å². The molecule has 0 amide bonds. The Morgan fingerprint density at radius 2 is 1.76 bits per heavy atom. The van der Waals surface area contributed by atoms with E-state index in [2.05, 4.69) is 10.2 Å². The van der Waals surface area contributed by atoms with Crippen molar-refractivity contribution in [3.63, 3.8) is 0 Å². The Morgan fingerprint density at radius 3 is 2.59 bits per heavy atom. The summed E-state index contributed by atoms with van der Waals surface area (Å²) in [4.78, 5) is 0. The fraction of sp³-hybridized carbons (Fsp3) is 0. The molecule has 0 radical (unpaired) electrons. The number of hydrogen-bond donors (Lipinski definition) is 0. The summed E-state index contributed by atoms with van der Waals surface area (Å²) in [5, 5.41) is 9.48. The van der Waals surface area contributed by atoms with Gasteiger partial charge in [0.25, 0.3) is 0 Å². The lowest BCUT2D eigenvalue weighted by molar-refractivity contribution is 1.11. The summed E-state index contributed by atoms with van der Waals surface area (Å²) in [6, 6.07) is 11.1. The van der Waals surface area contributed by atoms with Gasteiger partial charge in [0, 0.05) is 11.8 Å². The Labute approximate surface area is 108 Å². The van der Waals surface area contributed by atoms with Gasteiger partial charge in [0.05, 0.1) is 10.0 Å². The third-order valence-corrected chi connectivity index (χ3v) is 3.03. The highest BCUT2D eigenvalue weighted by molar-refractivity contribution is 6.33. The molecule has 84 valence electrons. The Kier molecular flexibility index (Phi) is 2.50. The maximum atomic E-state index is 6.14. The highest BCUT2D eigenvalue weighted by Gasteiger charge is 2.10. The van der Waals surface area contributed by atoms with Gasteiger partial charge in [-0.15, -0.1) is 10.2 Å². The van der Waals surface area contributed by atoms with Gasteiger partial charge in [0.15, 0.2) is 11.5 Å². The molecule has 0 spiro atoms. The number of fused-ring (bicyclic) bond motifs is 1. The molecule has 0 aliphatic rings. The van der Waals surface area contributed by atoms with Gasteiger partial charge < -0.3 is 0 Å². The lowest BCUT2D eigenvalue weighted by Gasteiger charge is -2.02.